The second kappa shape index (κ2) is 8.14. The van der Waals surface area contributed by atoms with E-state index in [1.807, 2.05) is 0 Å². The van der Waals surface area contributed by atoms with Crippen molar-refractivity contribution < 1.29 is 18.0 Å². The summed E-state index contributed by atoms with van der Waals surface area (Å²) in [6.45, 7) is 0. The fraction of sp³-hybridized carbons (Fsp3) is 0.0909. The van der Waals surface area contributed by atoms with Gasteiger partial charge in [-0.2, -0.15) is 13.2 Å². The molecule has 0 saturated carbocycles. The van der Waals surface area contributed by atoms with Gasteiger partial charge in [0.15, 0.2) is 0 Å². The first-order chi connectivity index (χ1) is 15.2. The maximum Gasteiger partial charge on any atom is 0.416 e. The predicted molar refractivity (Wildman–Crippen MR) is 115 cm³/mol. The van der Waals surface area contributed by atoms with Crippen LogP contribution in [0.3, 0.4) is 0 Å². The van der Waals surface area contributed by atoms with Gasteiger partial charge >= 0.3 is 6.18 Å². The zero-order valence-corrected chi connectivity index (χ0v) is 16.7. The molecule has 0 bridgehead atoms. The molecule has 162 valence electrons. The Morgan fingerprint density at radius 2 is 1.91 bits per heavy atom. The summed E-state index contributed by atoms with van der Waals surface area (Å²) in [6.07, 6.45) is 2.33. The largest absolute Gasteiger partial charge is 0.416 e. The number of pyridine rings is 1. The standard InChI is InChI=1S/C22H17F3N6O/c1-27-20-8-18(30-11-31-20)17-10-29-21-16(17)7-14(9-28-21)13-4-12(2-3-19(26)32)5-15(6-13)22(23,24)25/h2-11H,1H3,(H2,26,32)(H,28,29)(H,27,30,31). The maximum absolute atomic E-state index is 13.5. The predicted octanol–water partition coefficient (Wildman–Crippen LogP) is 4.25. The van der Waals surface area contributed by atoms with Gasteiger partial charge in [-0.15, -0.1) is 0 Å². The molecule has 3 heterocycles. The molecule has 0 spiro atoms. The minimum atomic E-state index is -4.56. The highest BCUT2D eigenvalue weighted by Crippen LogP contribution is 2.35. The van der Waals surface area contributed by atoms with E-state index in [4.69, 9.17) is 5.73 Å². The molecule has 4 aromatic rings. The lowest BCUT2D eigenvalue weighted by Gasteiger charge is -2.11. The van der Waals surface area contributed by atoms with E-state index in [0.717, 1.165) is 23.8 Å². The maximum atomic E-state index is 13.5. The molecule has 0 aliphatic rings. The molecular weight excluding hydrogens is 421 g/mol. The number of aromatic amines is 1. The summed E-state index contributed by atoms with van der Waals surface area (Å²) >= 11 is 0. The van der Waals surface area contributed by atoms with E-state index in [0.29, 0.717) is 33.7 Å². The van der Waals surface area contributed by atoms with Crippen LogP contribution >= 0.6 is 0 Å². The number of carbonyl (C=O) groups is 1. The lowest BCUT2D eigenvalue weighted by Crippen LogP contribution is -2.06. The van der Waals surface area contributed by atoms with Crippen LogP contribution in [-0.4, -0.2) is 32.9 Å². The summed E-state index contributed by atoms with van der Waals surface area (Å²) in [6, 6.07) is 7.03. The Balaban J connectivity index is 1.86. The second-order valence-corrected chi connectivity index (χ2v) is 6.94. The van der Waals surface area contributed by atoms with Gasteiger partial charge in [-0.3, -0.25) is 4.79 Å². The molecule has 0 radical (unpaired) electrons. The van der Waals surface area contributed by atoms with Crippen molar-refractivity contribution in [3.05, 3.63) is 66.3 Å². The number of amides is 1. The van der Waals surface area contributed by atoms with E-state index >= 15 is 0 Å². The fourth-order valence-corrected chi connectivity index (χ4v) is 3.27. The van der Waals surface area contributed by atoms with Gasteiger partial charge in [0.2, 0.25) is 5.91 Å². The molecule has 32 heavy (non-hydrogen) atoms. The van der Waals surface area contributed by atoms with Crippen LogP contribution in [0.5, 0.6) is 0 Å². The highest BCUT2D eigenvalue weighted by atomic mass is 19.4. The Morgan fingerprint density at radius 3 is 2.62 bits per heavy atom. The summed E-state index contributed by atoms with van der Waals surface area (Å²) in [5.74, 6) is -0.132. The molecular formula is C22H17F3N6O. The first-order valence-corrected chi connectivity index (χ1v) is 9.42. The Labute approximate surface area is 180 Å². The number of nitrogens with one attached hydrogen (secondary N) is 2. The Morgan fingerprint density at radius 1 is 1.09 bits per heavy atom. The second-order valence-electron chi connectivity index (χ2n) is 6.94. The van der Waals surface area contributed by atoms with Gasteiger partial charge in [-0.25, -0.2) is 15.0 Å². The van der Waals surface area contributed by atoms with Crippen molar-refractivity contribution in [1.82, 2.24) is 19.9 Å². The number of carbonyl (C=O) groups excluding carboxylic acids is 1. The quantitative estimate of drug-likeness (QED) is 0.404. The van der Waals surface area contributed by atoms with E-state index in [1.54, 1.807) is 25.4 Å². The van der Waals surface area contributed by atoms with Crippen LogP contribution in [0, 0.1) is 0 Å². The van der Waals surface area contributed by atoms with Gasteiger partial charge in [-0.1, -0.05) is 0 Å². The topological polar surface area (TPSA) is 110 Å². The zero-order valence-electron chi connectivity index (χ0n) is 16.7. The normalized spacial score (nSPS) is 11.9. The molecule has 1 amide bonds. The van der Waals surface area contributed by atoms with Crippen LogP contribution in [0.25, 0.3) is 39.5 Å². The van der Waals surface area contributed by atoms with Gasteiger partial charge in [0.25, 0.3) is 0 Å². The number of hydrogen-bond acceptors (Lipinski definition) is 5. The van der Waals surface area contributed by atoms with Gasteiger partial charge in [0, 0.05) is 48.1 Å². The molecule has 4 N–H and O–H groups in total. The number of primary amides is 1. The van der Waals surface area contributed by atoms with Crippen LogP contribution in [0.1, 0.15) is 11.1 Å². The molecule has 10 heteroatoms. The summed E-state index contributed by atoms with van der Waals surface area (Å²) in [4.78, 5) is 26.8. The van der Waals surface area contributed by atoms with E-state index in [-0.39, 0.29) is 5.56 Å². The third kappa shape index (κ3) is 4.29. The molecule has 4 rings (SSSR count). The number of fused-ring (bicyclic) bond motifs is 1. The van der Waals surface area contributed by atoms with E-state index in [9.17, 15) is 18.0 Å². The van der Waals surface area contributed by atoms with Crippen LogP contribution in [0.4, 0.5) is 19.0 Å². The molecule has 7 nitrogen and oxygen atoms in total. The molecule has 0 atom stereocenters. The number of alkyl halides is 3. The third-order valence-electron chi connectivity index (χ3n) is 4.79. The van der Waals surface area contributed by atoms with Gasteiger partial charge < -0.3 is 16.0 Å². The molecule has 1 aromatic carbocycles. The third-order valence-corrected chi connectivity index (χ3v) is 4.79. The van der Waals surface area contributed by atoms with Crippen LogP contribution in [0.2, 0.25) is 0 Å². The Bertz CT molecular complexity index is 1340. The van der Waals surface area contributed by atoms with Crippen molar-refractivity contribution in [3.8, 4) is 22.4 Å². The number of H-pyrrole nitrogens is 1. The highest BCUT2D eigenvalue weighted by Gasteiger charge is 2.31. The highest BCUT2D eigenvalue weighted by molar-refractivity contribution is 5.95. The number of aromatic nitrogens is 4. The summed E-state index contributed by atoms with van der Waals surface area (Å²) in [5.41, 5.74) is 7.12. The van der Waals surface area contributed by atoms with Crippen molar-refractivity contribution >= 4 is 28.8 Å². The zero-order chi connectivity index (χ0) is 22.9. The number of halogens is 3. The smallest absolute Gasteiger partial charge is 0.373 e. The Kier molecular flexibility index (Phi) is 5.35. The fourth-order valence-electron chi connectivity index (χ4n) is 3.27. The summed E-state index contributed by atoms with van der Waals surface area (Å²) < 4.78 is 40.4. The molecule has 3 aromatic heterocycles. The average molecular weight is 438 g/mol. The number of rotatable bonds is 5. The number of nitrogens with zero attached hydrogens (tertiary/aromatic N) is 3. The van der Waals surface area contributed by atoms with Crippen molar-refractivity contribution in [2.75, 3.05) is 12.4 Å². The number of hydrogen-bond donors (Lipinski definition) is 3. The van der Waals surface area contributed by atoms with E-state index in [1.165, 1.54) is 24.7 Å². The minimum absolute atomic E-state index is 0.192. The van der Waals surface area contributed by atoms with Crippen LogP contribution in [-0.2, 0) is 11.0 Å². The molecule has 0 aliphatic heterocycles. The van der Waals surface area contributed by atoms with Crippen LogP contribution in [0.15, 0.2) is 55.1 Å². The number of nitrogens with two attached hydrogens (primary N) is 1. The average Bonchev–Trinajstić information content (AvgIpc) is 3.20. The summed E-state index contributed by atoms with van der Waals surface area (Å²) in [5, 5.41) is 3.63. The van der Waals surface area contributed by atoms with Crippen molar-refractivity contribution in [3.63, 3.8) is 0 Å². The van der Waals surface area contributed by atoms with Crippen LogP contribution < -0.4 is 11.1 Å². The number of anilines is 1. The van der Waals surface area contributed by atoms with Crippen molar-refractivity contribution in [2.24, 2.45) is 5.73 Å². The van der Waals surface area contributed by atoms with Crippen molar-refractivity contribution in [2.45, 2.75) is 6.18 Å². The Hall–Kier alpha value is -4.21. The molecule has 0 unspecified atom stereocenters. The first kappa shape index (κ1) is 21.0. The molecule has 0 aliphatic carbocycles. The van der Waals surface area contributed by atoms with Gasteiger partial charge in [0.05, 0.1) is 11.3 Å². The lowest BCUT2D eigenvalue weighted by atomic mass is 9.99. The molecule has 0 saturated heterocycles. The first-order valence-electron chi connectivity index (χ1n) is 9.42. The number of benzene rings is 1. The van der Waals surface area contributed by atoms with E-state index in [2.05, 4.69) is 25.3 Å². The van der Waals surface area contributed by atoms with Gasteiger partial charge in [0.1, 0.15) is 17.8 Å². The summed E-state index contributed by atoms with van der Waals surface area (Å²) in [7, 11) is 1.74. The lowest BCUT2D eigenvalue weighted by molar-refractivity contribution is -0.137. The monoisotopic (exact) mass is 438 g/mol. The minimum Gasteiger partial charge on any atom is -0.373 e. The SMILES string of the molecule is CNc1cc(-c2c[nH]c3ncc(-c4cc(C=CC(N)=O)cc(C(F)(F)F)c4)cc23)ncn1. The van der Waals surface area contributed by atoms with E-state index < -0.39 is 17.6 Å². The van der Waals surface area contributed by atoms with Gasteiger partial charge in [-0.05, 0) is 41.5 Å². The van der Waals surface area contributed by atoms with Crippen molar-refractivity contribution in [1.29, 1.82) is 0 Å². The molecule has 0 fully saturated rings.